The minimum Gasteiger partial charge on any atom is -0.319 e. The number of benzene rings is 1. The van der Waals surface area contributed by atoms with E-state index in [1.807, 2.05) is 13.0 Å². The molecule has 0 saturated heterocycles. The standard InChI is InChI=1S/C17H18FNOS/c1-10-4-6-15-12(7-10)9-16(21-15)17(20)19-14-8-11(2)3-5-13(14)18/h3,5,8-10H,4,6-7H2,1-2H3,(H,19,20). The molecular weight excluding hydrogens is 285 g/mol. The van der Waals surface area contributed by atoms with E-state index in [1.54, 1.807) is 23.5 Å². The molecule has 1 heterocycles. The van der Waals surface area contributed by atoms with Gasteiger partial charge in [-0.3, -0.25) is 4.79 Å². The van der Waals surface area contributed by atoms with E-state index in [1.165, 1.54) is 22.9 Å². The quantitative estimate of drug-likeness (QED) is 0.865. The Balaban J connectivity index is 1.81. The van der Waals surface area contributed by atoms with Gasteiger partial charge >= 0.3 is 0 Å². The summed E-state index contributed by atoms with van der Waals surface area (Å²) >= 11 is 1.54. The Morgan fingerprint density at radius 3 is 3.00 bits per heavy atom. The number of anilines is 1. The SMILES string of the molecule is Cc1ccc(F)c(NC(=O)c2cc3c(s2)CCC(C)C3)c1. The van der Waals surface area contributed by atoms with Crippen molar-refractivity contribution in [2.45, 2.75) is 33.1 Å². The molecule has 110 valence electrons. The summed E-state index contributed by atoms with van der Waals surface area (Å²) in [5, 5.41) is 2.68. The van der Waals surface area contributed by atoms with Crippen LogP contribution in [0.2, 0.25) is 0 Å². The lowest BCUT2D eigenvalue weighted by molar-refractivity contribution is 0.103. The molecule has 3 rings (SSSR count). The number of amides is 1. The summed E-state index contributed by atoms with van der Waals surface area (Å²) in [6, 6.07) is 6.70. The molecule has 1 amide bonds. The molecule has 1 aliphatic rings. The minimum absolute atomic E-state index is 0.216. The van der Waals surface area contributed by atoms with Crippen molar-refractivity contribution in [3.05, 3.63) is 51.0 Å². The first-order chi connectivity index (χ1) is 10.0. The first-order valence-corrected chi connectivity index (χ1v) is 8.03. The molecule has 1 unspecified atom stereocenters. The second-order valence-corrected chi connectivity index (χ2v) is 6.98. The van der Waals surface area contributed by atoms with E-state index < -0.39 is 5.82 Å². The largest absolute Gasteiger partial charge is 0.319 e. The lowest BCUT2D eigenvalue weighted by atomic mass is 9.90. The van der Waals surface area contributed by atoms with Gasteiger partial charge in [0.05, 0.1) is 10.6 Å². The third kappa shape index (κ3) is 3.00. The van der Waals surface area contributed by atoms with E-state index in [9.17, 15) is 9.18 Å². The van der Waals surface area contributed by atoms with Gasteiger partial charge in [-0.15, -0.1) is 11.3 Å². The number of thiophene rings is 1. The zero-order chi connectivity index (χ0) is 15.0. The Bertz CT molecular complexity index is 692. The zero-order valence-corrected chi connectivity index (χ0v) is 13.0. The molecule has 2 nitrogen and oxygen atoms in total. The molecule has 0 aliphatic heterocycles. The molecule has 2 aromatic rings. The average molecular weight is 303 g/mol. The Labute approximate surface area is 128 Å². The van der Waals surface area contributed by atoms with Crippen molar-refractivity contribution in [2.24, 2.45) is 5.92 Å². The average Bonchev–Trinajstić information content (AvgIpc) is 2.86. The summed E-state index contributed by atoms with van der Waals surface area (Å²) in [4.78, 5) is 14.3. The number of aryl methyl sites for hydroxylation is 2. The van der Waals surface area contributed by atoms with Gasteiger partial charge in [0.25, 0.3) is 5.91 Å². The van der Waals surface area contributed by atoms with Gasteiger partial charge in [0, 0.05) is 4.88 Å². The second kappa shape index (κ2) is 5.60. The van der Waals surface area contributed by atoms with Crippen LogP contribution in [0.4, 0.5) is 10.1 Å². The van der Waals surface area contributed by atoms with Crippen LogP contribution >= 0.6 is 11.3 Å². The van der Waals surface area contributed by atoms with Crippen molar-refractivity contribution < 1.29 is 9.18 Å². The van der Waals surface area contributed by atoms with Gasteiger partial charge in [-0.2, -0.15) is 0 Å². The normalized spacial score (nSPS) is 17.4. The Hall–Kier alpha value is -1.68. The summed E-state index contributed by atoms with van der Waals surface area (Å²) in [5.74, 6) is 0.0627. The Morgan fingerprint density at radius 1 is 1.38 bits per heavy atom. The highest BCUT2D eigenvalue weighted by Crippen LogP contribution is 2.32. The van der Waals surface area contributed by atoms with Crippen LogP contribution in [0.15, 0.2) is 24.3 Å². The van der Waals surface area contributed by atoms with Crippen molar-refractivity contribution in [1.29, 1.82) is 0 Å². The monoisotopic (exact) mass is 303 g/mol. The van der Waals surface area contributed by atoms with E-state index in [2.05, 4.69) is 12.2 Å². The molecule has 4 heteroatoms. The fourth-order valence-corrected chi connectivity index (χ4v) is 3.84. The Kier molecular flexibility index (Phi) is 3.81. The summed E-state index contributed by atoms with van der Waals surface area (Å²) in [5.41, 5.74) is 2.46. The molecule has 1 N–H and O–H groups in total. The minimum atomic E-state index is -0.399. The fourth-order valence-electron chi connectivity index (χ4n) is 2.74. The van der Waals surface area contributed by atoms with Crippen LogP contribution < -0.4 is 5.32 Å². The maximum Gasteiger partial charge on any atom is 0.265 e. The molecule has 0 spiro atoms. The predicted octanol–water partition coefficient (Wildman–Crippen LogP) is 4.57. The summed E-state index contributed by atoms with van der Waals surface area (Å²) in [6.07, 6.45) is 3.27. The van der Waals surface area contributed by atoms with Crippen molar-refractivity contribution in [3.63, 3.8) is 0 Å². The molecule has 1 aliphatic carbocycles. The van der Waals surface area contributed by atoms with Crippen LogP contribution in [-0.4, -0.2) is 5.91 Å². The third-order valence-corrected chi connectivity index (χ3v) is 5.16. The molecule has 1 aromatic carbocycles. The summed E-state index contributed by atoms with van der Waals surface area (Å²) in [6.45, 7) is 4.11. The summed E-state index contributed by atoms with van der Waals surface area (Å²) < 4.78 is 13.7. The van der Waals surface area contributed by atoms with Gasteiger partial charge in [-0.25, -0.2) is 4.39 Å². The third-order valence-electron chi connectivity index (χ3n) is 3.92. The van der Waals surface area contributed by atoms with Crippen LogP contribution in [0, 0.1) is 18.7 Å². The molecule has 0 saturated carbocycles. The smallest absolute Gasteiger partial charge is 0.265 e. The van der Waals surface area contributed by atoms with E-state index in [-0.39, 0.29) is 11.6 Å². The van der Waals surface area contributed by atoms with E-state index in [0.29, 0.717) is 10.8 Å². The number of fused-ring (bicyclic) bond motifs is 1. The van der Waals surface area contributed by atoms with Crippen molar-refractivity contribution in [2.75, 3.05) is 5.32 Å². The number of hydrogen-bond donors (Lipinski definition) is 1. The number of rotatable bonds is 2. The first kappa shape index (κ1) is 14.3. The highest BCUT2D eigenvalue weighted by Gasteiger charge is 2.21. The molecule has 0 fully saturated rings. The highest BCUT2D eigenvalue weighted by molar-refractivity contribution is 7.14. The molecule has 1 aromatic heterocycles. The molecule has 21 heavy (non-hydrogen) atoms. The lowest BCUT2D eigenvalue weighted by Crippen LogP contribution is -2.11. The maximum absolute atomic E-state index is 13.7. The topological polar surface area (TPSA) is 29.1 Å². The van der Waals surface area contributed by atoms with Gasteiger partial charge in [-0.1, -0.05) is 13.0 Å². The van der Waals surface area contributed by atoms with Crippen molar-refractivity contribution in [3.8, 4) is 0 Å². The van der Waals surface area contributed by atoms with Gasteiger partial charge in [0.1, 0.15) is 5.82 Å². The van der Waals surface area contributed by atoms with Crippen LogP contribution in [0.25, 0.3) is 0 Å². The van der Waals surface area contributed by atoms with Gasteiger partial charge in [0.2, 0.25) is 0 Å². The van der Waals surface area contributed by atoms with Crippen molar-refractivity contribution >= 4 is 22.9 Å². The van der Waals surface area contributed by atoms with E-state index >= 15 is 0 Å². The molecule has 0 radical (unpaired) electrons. The van der Waals surface area contributed by atoms with Crippen LogP contribution in [0.3, 0.4) is 0 Å². The number of halogens is 1. The van der Waals surface area contributed by atoms with Gasteiger partial charge in [0.15, 0.2) is 0 Å². The molecular formula is C17H18FNOS. The van der Waals surface area contributed by atoms with Crippen molar-refractivity contribution in [1.82, 2.24) is 0 Å². The molecule has 1 atom stereocenters. The Morgan fingerprint density at radius 2 is 2.19 bits per heavy atom. The second-order valence-electron chi connectivity index (χ2n) is 5.84. The fraction of sp³-hybridized carbons (Fsp3) is 0.353. The number of hydrogen-bond acceptors (Lipinski definition) is 2. The lowest BCUT2D eigenvalue weighted by Gasteiger charge is -2.16. The number of carbonyl (C=O) groups excluding carboxylic acids is 1. The maximum atomic E-state index is 13.7. The first-order valence-electron chi connectivity index (χ1n) is 7.22. The van der Waals surface area contributed by atoms with Crippen LogP contribution in [0.1, 0.15) is 39.0 Å². The number of carbonyl (C=O) groups is 1. The zero-order valence-electron chi connectivity index (χ0n) is 12.2. The number of nitrogens with one attached hydrogen (secondary N) is 1. The van der Waals surface area contributed by atoms with E-state index in [4.69, 9.17) is 0 Å². The van der Waals surface area contributed by atoms with Gasteiger partial charge < -0.3 is 5.32 Å². The molecule has 0 bridgehead atoms. The van der Waals surface area contributed by atoms with E-state index in [0.717, 1.165) is 18.4 Å². The van der Waals surface area contributed by atoms with Crippen LogP contribution in [0.5, 0.6) is 0 Å². The van der Waals surface area contributed by atoms with Crippen LogP contribution in [-0.2, 0) is 12.8 Å². The highest BCUT2D eigenvalue weighted by atomic mass is 32.1. The van der Waals surface area contributed by atoms with Gasteiger partial charge in [-0.05, 0) is 61.4 Å². The summed E-state index contributed by atoms with van der Waals surface area (Å²) in [7, 11) is 0. The predicted molar refractivity (Wildman–Crippen MR) is 84.6 cm³/mol.